The van der Waals surface area contributed by atoms with Crippen LogP contribution in [0, 0.1) is 6.92 Å². The fraction of sp³-hybridized carbons (Fsp3) is 0.588. The lowest BCUT2D eigenvalue weighted by Gasteiger charge is -2.41. The number of rotatable bonds is 4. The standard InChI is InChI=1S/C17H25NO3/c1-12-6-7-14(16(8-12)20-5)15(19)10-18-9-13(2)21-17(3,4)11-18/h6-8,13H,9-11H2,1-5H3. The summed E-state index contributed by atoms with van der Waals surface area (Å²) >= 11 is 0. The molecule has 1 heterocycles. The van der Waals surface area contributed by atoms with Crippen LogP contribution in [0.2, 0.25) is 0 Å². The Hall–Kier alpha value is -1.39. The summed E-state index contributed by atoms with van der Waals surface area (Å²) in [5.74, 6) is 0.748. The molecule has 1 atom stereocenters. The quantitative estimate of drug-likeness (QED) is 0.800. The molecule has 0 amide bonds. The molecule has 4 heteroatoms. The van der Waals surface area contributed by atoms with Crippen LogP contribution in [0.4, 0.5) is 0 Å². The average Bonchev–Trinajstić information content (AvgIpc) is 2.35. The van der Waals surface area contributed by atoms with Crippen LogP contribution in [-0.2, 0) is 4.74 Å². The number of ketones is 1. The smallest absolute Gasteiger partial charge is 0.180 e. The minimum absolute atomic E-state index is 0.0942. The van der Waals surface area contributed by atoms with E-state index in [1.807, 2.05) is 32.0 Å². The normalized spacial score (nSPS) is 22.0. The number of benzene rings is 1. The van der Waals surface area contributed by atoms with Gasteiger partial charge in [0.05, 0.1) is 30.9 Å². The van der Waals surface area contributed by atoms with E-state index in [9.17, 15) is 4.79 Å². The Morgan fingerprint density at radius 2 is 2.19 bits per heavy atom. The van der Waals surface area contributed by atoms with Crippen molar-refractivity contribution in [3.63, 3.8) is 0 Å². The first-order valence-corrected chi connectivity index (χ1v) is 7.39. The molecule has 1 aliphatic heterocycles. The molecule has 0 aromatic heterocycles. The molecule has 0 saturated carbocycles. The molecule has 1 aromatic rings. The SMILES string of the molecule is COc1cc(C)ccc1C(=O)CN1CC(C)OC(C)(C)C1. The number of hydrogen-bond donors (Lipinski definition) is 0. The van der Waals surface area contributed by atoms with Gasteiger partial charge in [-0.15, -0.1) is 0 Å². The summed E-state index contributed by atoms with van der Waals surface area (Å²) in [6.07, 6.45) is 0.140. The highest BCUT2D eigenvalue weighted by Crippen LogP contribution is 2.23. The lowest BCUT2D eigenvalue weighted by atomic mass is 10.0. The summed E-state index contributed by atoms with van der Waals surface area (Å²) in [6.45, 7) is 10.1. The molecular formula is C17H25NO3. The first-order valence-electron chi connectivity index (χ1n) is 7.39. The van der Waals surface area contributed by atoms with Crippen LogP contribution in [-0.4, -0.2) is 49.1 Å². The van der Waals surface area contributed by atoms with Gasteiger partial charge in [0.25, 0.3) is 0 Å². The van der Waals surface area contributed by atoms with Crippen LogP contribution >= 0.6 is 0 Å². The minimum Gasteiger partial charge on any atom is -0.496 e. The lowest BCUT2D eigenvalue weighted by Crippen LogP contribution is -2.53. The zero-order chi connectivity index (χ0) is 15.6. The number of carbonyl (C=O) groups excluding carboxylic acids is 1. The molecule has 0 aliphatic carbocycles. The van der Waals surface area contributed by atoms with Crippen molar-refractivity contribution in [2.24, 2.45) is 0 Å². The second kappa shape index (κ2) is 6.16. The van der Waals surface area contributed by atoms with Gasteiger partial charge in [0.1, 0.15) is 5.75 Å². The Balaban J connectivity index is 2.11. The number of morpholine rings is 1. The highest BCUT2D eigenvalue weighted by molar-refractivity contribution is 6.00. The molecule has 0 bridgehead atoms. The third-order valence-corrected chi connectivity index (χ3v) is 3.66. The summed E-state index contributed by atoms with van der Waals surface area (Å²) in [5.41, 5.74) is 1.53. The van der Waals surface area contributed by atoms with E-state index in [4.69, 9.17) is 9.47 Å². The number of carbonyl (C=O) groups is 1. The first-order chi connectivity index (χ1) is 9.80. The second-order valence-corrected chi connectivity index (χ2v) is 6.48. The van der Waals surface area contributed by atoms with E-state index in [1.165, 1.54) is 0 Å². The number of hydrogen-bond acceptors (Lipinski definition) is 4. The number of Topliss-reactive ketones (excluding diaryl/α,β-unsaturated/α-hetero) is 1. The van der Waals surface area contributed by atoms with Crippen molar-refractivity contribution in [2.75, 3.05) is 26.7 Å². The largest absolute Gasteiger partial charge is 0.496 e. The molecule has 116 valence electrons. The van der Waals surface area contributed by atoms with Crippen molar-refractivity contribution in [3.05, 3.63) is 29.3 Å². The van der Waals surface area contributed by atoms with Gasteiger partial charge in [0, 0.05) is 13.1 Å². The minimum atomic E-state index is -0.213. The molecule has 1 aliphatic rings. The van der Waals surface area contributed by atoms with Crippen molar-refractivity contribution in [2.45, 2.75) is 39.4 Å². The van der Waals surface area contributed by atoms with Gasteiger partial charge in [-0.25, -0.2) is 0 Å². The number of ether oxygens (including phenoxy) is 2. The maximum absolute atomic E-state index is 12.6. The van der Waals surface area contributed by atoms with E-state index >= 15 is 0 Å². The lowest BCUT2D eigenvalue weighted by molar-refractivity contribution is -0.126. The Bertz CT molecular complexity index is 525. The number of aryl methyl sites for hydroxylation is 1. The molecule has 1 unspecified atom stereocenters. The Labute approximate surface area is 127 Å². The Morgan fingerprint density at radius 1 is 1.48 bits per heavy atom. The molecule has 21 heavy (non-hydrogen) atoms. The Morgan fingerprint density at radius 3 is 2.81 bits per heavy atom. The summed E-state index contributed by atoms with van der Waals surface area (Å²) in [4.78, 5) is 14.7. The summed E-state index contributed by atoms with van der Waals surface area (Å²) in [7, 11) is 1.60. The van der Waals surface area contributed by atoms with E-state index in [0.717, 1.165) is 18.7 Å². The van der Waals surface area contributed by atoms with Gasteiger partial charge in [-0.3, -0.25) is 9.69 Å². The molecule has 1 fully saturated rings. The van der Waals surface area contributed by atoms with Crippen molar-refractivity contribution in [1.82, 2.24) is 4.90 Å². The summed E-state index contributed by atoms with van der Waals surface area (Å²) in [5, 5.41) is 0. The zero-order valence-corrected chi connectivity index (χ0v) is 13.6. The zero-order valence-electron chi connectivity index (χ0n) is 13.6. The van der Waals surface area contributed by atoms with E-state index in [0.29, 0.717) is 17.9 Å². The van der Waals surface area contributed by atoms with Crippen LogP contribution in [0.15, 0.2) is 18.2 Å². The second-order valence-electron chi connectivity index (χ2n) is 6.48. The molecule has 1 saturated heterocycles. The van der Waals surface area contributed by atoms with Crippen molar-refractivity contribution >= 4 is 5.78 Å². The summed E-state index contributed by atoms with van der Waals surface area (Å²) < 4.78 is 11.2. The van der Waals surface area contributed by atoms with Crippen LogP contribution in [0.1, 0.15) is 36.7 Å². The van der Waals surface area contributed by atoms with Gasteiger partial charge >= 0.3 is 0 Å². The van der Waals surface area contributed by atoms with Gasteiger partial charge in [-0.05, 0) is 45.4 Å². The summed E-state index contributed by atoms with van der Waals surface area (Å²) in [6, 6.07) is 5.70. The monoisotopic (exact) mass is 291 g/mol. The molecule has 2 rings (SSSR count). The third kappa shape index (κ3) is 4.05. The molecule has 4 nitrogen and oxygen atoms in total. The first kappa shape index (κ1) is 16.0. The molecule has 0 spiro atoms. The maximum atomic E-state index is 12.6. The molecular weight excluding hydrogens is 266 g/mol. The van der Waals surface area contributed by atoms with Gasteiger partial charge < -0.3 is 9.47 Å². The maximum Gasteiger partial charge on any atom is 0.180 e. The van der Waals surface area contributed by atoms with E-state index < -0.39 is 0 Å². The van der Waals surface area contributed by atoms with Crippen LogP contribution in [0.25, 0.3) is 0 Å². The van der Waals surface area contributed by atoms with E-state index in [1.54, 1.807) is 7.11 Å². The van der Waals surface area contributed by atoms with Crippen molar-refractivity contribution in [1.29, 1.82) is 0 Å². The van der Waals surface area contributed by atoms with E-state index in [2.05, 4.69) is 18.7 Å². The highest BCUT2D eigenvalue weighted by Gasteiger charge is 2.32. The van der Waals surface area contributed by atoms with E-state index in [-0.39, 0.29) is 17.5 Å². The topological polar surface area (TPSA) is 38.8 Å². The Kier molecular flexibility index (Phi) is 4.69. The average molecular weight is 291 g/mol. The van der Waals surface area contributed by atoms with Crippen LogP contribution in [0.5, 0.6) is 5.75 Å². The van der Waals surface area contributed by atoms with Crippen LogP contribution < -0.4 is 4.74 Å². The molecule has 0 N–H and O–H groups in total. The van der Waals surface area contributed by atoms with Gasteiger partial charge in [-0.1, -0.05) is 6.07 Å². The van der Waals surface area contributed by atoms with Gasteiger partial charge in [0.2, 0.25) is 0 Å². The van der Waals surface area contributed by atoms with Crippen molar-refractivity contribution in [3.8, 4) is 5.75 Å². The molecule has 1 aromatic carbocycles. The van der Waals surface area contributed by atoms with Crippen LogP contribution in [0.3, 0.4) is 0 Å². The highest BCUT2D eigenvalue weighted by atomic mass is 16.5. The predicted molar refractivity (Wildman–Crippen MR) is 83.1 cm³/mol. The van der Waals surface area contributed by atoms with Gasteiger partial charge in [-0.2, -0.15) is 0 Å². The fourth-order valence-corrected chi connectivity index (χ4v) is 3.02. The number of methoxy groups -OCH3 is 1. The van der Waals surface area contributed by atoms with Crippen molar-refractivity contribution < 1.29 is 14.3 Å². The number of nitrogens with zero attached hydrogens (tertiary/aromatic N) is 1. The molecule has 0 radical (unpaired) electrons. The third-order valence-electron chi connectivity index (χ3n) is 3.66. The predicted octanol–water partition coefficient (Wildman–Crippen LogP) is 2.69. The van der Waals surface area contributed by atoms with Gasteiger partial charge in [0.15, 0.2) is 5.78 Å². The fourth-order valence-electron chi connectivity index (χ4n) is 3.02.